The summed E-state index contributed by atoms with van der Waals surface area (Å²) in [6.45, 7) is 6.34. The molecular weight excluding hydrogens is 204 g/mol. The average molecular weight is 226 g/mol. The fourth-order valence-electron chi connectivity index (χ4n) is 1.64. The molecule has 2 N–H and O–H groups in total. The number of hydrogen-bond donors (Lipinski definition) is 1. The van der Waals surface area contributed by atoms with Gasteiger partial charge >= 0.3 is 0 Å². The lowest BCUT2D eigenvalue weighted by atomic mass is 9.96. The predicted molar refractivity (Wildman–Crippen MR) is 67.1 cm³/mol. The molecule has 0 saturated carbocycles. The van der Waals surface area contributed by atoms with Gasteiger partial charge in [-0.25, -0.2) is 4.98 Å². The standard InChI is InChI=1S/C12H22N2S/c1-4-5-6-7-8-12(3,13)11-14-10(2)9-15-11/h9H,4-8,13H2,1-3H3. The summed E-state index contributed by atoms with van der Waals surface area (Å²) in [4.78, 5) is 4.47. The number of aromatic nitrogens is 1. The smallest absolute Gasteiger partial charge is 0.112 e. The van der Waals surface area contributed by atoms with Crippen LogP contribution in [0.5, 0.6) is 0 Å². The second-order valence-electron chi connectivity index (χ2n) is 4.52. The largest absolute Gasteiger partial charge is 0.320 e. The molecule has 0 aliphatic heterocycles. The fraction of sp³-hybridized carbons (Fsp3) is 0.750. The summed E-state index contributed by atoms with van der Waals surface area (Å²) in [5.74, 6) is 0. The molecule has 3 heteroatoms. The molecule has 0 radical (unpaired) electrons. The summed E-state index contributed by atoms with van der Waals surface area (Å²) in [7, 11) is 0. The molecule has 0 bridgehead atoms. The SMILES string of the molecule is CCCCCCC(C)(N)c1nc(C)cs1. The number of unbranched alkanes of at least 4 members (excludes halogenated alkanes) is 3. The van der Waals surface area contributed by atoms with Gasteiger partial charge in [-0.1, -0.05) is 32.6 Å². The summed E-state index contributed by atoms with van der Waals surface area (Å²) in [5, 5.41) is 3.16. The predicted octanol–water partition coefficient (Wildman–Crippen LogP) is 3.60. The van der Waals surface area contributed by atoms with E-state index in [9.17, 15) is 0 Å². The molecule has 1 heterocycles. The van der Waals surface area contributed by atoms with Gasteiger partial charge in [0.25, 0.3) is 0 Å². The third-order valence-corrected chi connectivity index (χ3v) is 3.90. The molecule has 86 valence electrons. The van der Waals surface area contributed by atoms with E-state index >= 15 is 0 Å². The highest BCUT2D eigenvalue weighted by molar-refractivity contribution is 7.09. The van der Waals surface area contributed by atoms with Gasteiger partial charge in [0.1, 0.15) is 5.01 Å². The molecule has 0 amide bonds. The summed E-state index contributed by atoms with van der Waals surface area (Å²) < 4.78 is 0. The summed E-state index contributed by atoms with van der Waals surface area (Å²) in [6.07, 6.45) is 6.12. The molecular formula is C12H22N2S. The molecule has 2 nitrogen and oxygen atoms in total. The van der Waals surface area contributed by atoms with Gasteiger partial charge in [0.05, 0.1) is 5.54 Å². The zero-order chi connectivity index (χ0) is 11.3. The first-order valence-corrected chi connectivity index (χ1v) is 6.65. The summed E-state index contributed by atoms with van der Waals surface area (Å²) >= 11 is 1.68. The highest BCUT2D eigenvalue weighted by atomic mass is 32.1. The monoisotopic (exact) mass is 226 g/mol. The Hall–Kier alpha value is -0.410. The third kappa shape index (κ3) is 3.92. The topological polar surface area (TPSA) is 38.9 Å². The van der Waals surface area contributed by atoms with E-state index < -0.39 is 0 Å². The van der Waals surface area contributed by atoms with Crippen molar-refractivity contribution in [2.75, 3.05) is 0 Å². The Bertz CT molecular complexity index is 292. The normalized spacial score (nSPS) is 15.2. The Balaban J connectivity index is 2.44. The molecule has 1 unspecified atom stereocenters. The van der Waals surface area contributed by atoms with Crippen molar-refractivity contribution in [3.63, 3.8) is 0 Å². The van der Waals surface area contributed by atoms with E-state index in [0.29, 0.717) is 0 Å². The van der Waals surface area contributed by atoms with Crippen molar-refractivity contribution in [3.05, 3.63) is 16.1 Å². The van der Waals surface area contributed by atoms with Crippen molar-refractivity contribution in [2.24, 2.45) is 5.73 Å². The summed E-state index contributed by atoms with van der Waals surface area (Å²) in [6, 6.07) is 0. The minimum absolute atomic E-state index is 0.229. The number of nitrogens with two attached hydrogens (primary N) is 1. The minimum atomic E-state index is -0.229. The van der Waals surface area contributed by atoms with E-state index in [2.05, 4.69) is 24.2 Å². The molecule has 1 aromatic heterocycles. The van der Waals surface area contributed by atoms with E-state index in [1.165, 1.54) is 25.7 Å². The number of hydrogen-bond acceptors (Lipinski definition) is 3. The molecule has 0 fully saturated rings. The Morgan fingerprint density at radius 2 is 2.13 bits per heavy atom. The van der Waals surface area contributed by atoms with Gasteiger partial charge in [0, 0.05) is 11.1 Å². The average Bonchev–Trinajstić information content (AvgIpc) is 2.60. The van der Waals surface area contributed by atoms with Gasteiger partial charge in [-0.2, -0.15) is 0 Å². The van der Waals surface area contributed by atoms with Crippen LogP contribution < -0.4 is 5.73 Å². The second-order valence-corrected chi connectivity index (χ2v) is 5.38. The lowest BCUT2D eigenvalue weighted by Gasteiger charge is -2.21. The van der Waals surface area contributed by atoms with Crippen LogP contribution in [0, 0.1) is 6.92 Å². The molecule has 0 spiro atoms. The number of thiazole rings is 1. The lowest BCUT2D eigenvalue weighted by Crippen LogP contribution is -2.32. The van der Waals surface area contributed by atoms with Gasteiger partial charge < -0.3 is 5.73 Å². The molecule has 1 atom stereocenters. The zero-order valence-electron chi connectivity index (χ0n) is 10.0. The molecule has 0 aliphatic carbocycles. The number of aryl methyl sites for hydroxylation is 1. The van der Waals surface area contributed by atoms with Crippen LogP contribution in [0.15, 0.2) is 5.38 Å². The molecule has 15 heavy (non-hydrogen) atoms. The van der Waals surface area contributed by atoms with Crippen molar-refractivity contribution >= 4 is 11.3 Å². The molecule has 0 aromatic carbocycles. The minimum Gasteiger partial charge on any atom is -0.320 e. The van der Waals surface area contributed by atoms with Gasteiger partial charge in [-0.15, -0.1) is 11.3 Å². The molecule has 0 saturated heterocycles. The third-order valence-electron chi connectivity index (χ3n) is 2.66. The van der Waals surface area contributed by atoms with Crippen LogP contribution in [-0.2, 0) is 5.54 Å². The van der Waals surface area contributed by atoms with E-state index in [1.807, 2.05) is 6.92 Å². The summed E-state index contributed by atoms with van der Waals surface area (Å²) in [5.41, 5.74) is 7.14. The van der Waals surface area contributed by atoms with Crippen molar-refractivity contribution in [2.45, 2.75) is 58.4 Å². The van der Waals surface area contributed by atoms with Crippen LogP contribution in [0.3, 0.4) is 0 Å². The van der Waals surface area contributed by atoms with Crippen molar-refractivity contribution in [1.29, 1.82) is 0 Å². The second kappa shape index (κ2) is 5.61. The van der Waals surface area contributed by atoms with Crippen molar-refractivity contribution in [1.82, 2.24) is 4.98 Å². The molecule has 1 aromatic rings. The van der Waals surface area contributed by atoms with Gasteiger partial charge in [0.2, 0.25) is 0 Å². The van der Waals surface area contributed by atoms with Crippen LogP contribution in [-0.4, -0.2) is 4.98 Å². The van der Waals surface area contributed by atoms with Crippen LogP contribution in [0.1, 0.15) is 56.7 Å². The van der Waals surface area contributed by atoms with Crippen LogP contribution >= 0.6 is 11.3 Å². The Kier molecular flexibility index (Phi) is 4.74. The van der Waals surface area contributed by atoms with Crippen LogP contribution in [0.4, 0.5) is 0 Å². The van der Waals surface area contributed by atoms with E-state index in [4.69, 9.17) is 5.73 Å². The number of nitrogens with zero attached hydrogens (tertiary/aromatic N) is 1. The zero-order valence-corrected chi connectivity index (χ0v) is 10.9. The first-order chi connectivity index (χ1) is 7.06. The quantitative estimate of drug-likeness (QED) is 0.753. The number of rotatable bonds is 6. The molecule has 1 rings (SSSR count). The van der Waals surface area contributed by atoms with Crippen LogP contribution in [0.2, 0.25) is 0 Å². The highest BCUT2D eigenvalue weighted by Gasteiger charge is 2.23. The van der Waals surface area contributed by atoms with E-state index in [1.54, 1.807) is 11.3 Å². The maximum Gasteiger partial charge on any atom is 0.112 e. The van der Waals surface area contributed by atoms with E-state index in [0.717, 1.165) is 17.1 Å². The Labute approximate surface area is 96.9 Å². The Morgan fingerprint density at radius 1 is 1.40 bits per heavy atom. The van der Waals surface area contributed by atoms with Crippen molar-refractivity contribution < 1.29 is 0 Å². The highest BCUT2D eigenvalue weighted by Crippen LogP contribution is 2.27. The first-order valence-electron chi connectivity index (χ1n) is 5.78. The first kappa shape index (κ1) is 12.7. The Morgan fingerprint density at radius 3 is 2.67 bits per heavy atom. The molecule has 0 aliphatic rings. The fourth-order valence-corrected chi connectivity index (χ4v) is 2.55. The van der Waals surface area contributed by atoms with Gasteiger partial charge in [0.15, 0.2) is 0 Å². The van der Waals surface area contributed by atoms with Crippen molar-refractivity contribution in [3.8, 4) is 0 Å². The lowest BCUT2D eigenvalue weighted by molar-refractivity contribution is 0.421. The van der Waals surface area contributed by atoms with Gasteiger partial charge in [-0.3, -0.25) is 0 Å². The van der Waals surface area contributed by atoms with Gasteiger partial charge in [-0.05, 0) is 20.3 Å². The van der Waals surface area contributed by atoms with Crippen LogP contribution in [0.25, 0.3) is 0 Å². The van der Waals surface area contributed by atoms with E-state index in [-0.39, 0.29) is 5.54 Å². The maximum absolute atomic E-state index is 6.28. The maximum atomic E-state index is 6.28.